The Morgan fingerprint density at radius 2 is 1.79 bits per heavy atom. The second-order valence-electron chi connectivity index (χ2n) is 7.54. The topological polar surface area (TPSA) is 106 Å². The van der Waals surface area contributed by atoms with Crippen LogP contribution in [0.15, 0.2) is 12.1 Å². The molecule has 9 nitrogen and oxygen atoms in total. The molecule has 2 heterocycles. The standard InChI is InChI=1S/C23H29N3O6S/c1-6-32-23(29)19-13(2)20(21(28)24-3)33-22(19)25-18(27)12-26-8-7-14-9-16(30-4)17(31-5)10-15(14)11-26/h9-10H,6-8,11-12H2,1-5H3,(H,24,28)(H,25,27). The van der Waals surface area contributed by atoms with Crippen LogP contribution >= 0.6 is 11.3 Å². The maximum atomic E-state index is 12.9. The summed E-state index contributed by atoms with van der Waals surface area (Å²) in [5.41, 5.74) is 2.95. The van der Waals surface area contributed by atoms with Crippen molar-refractivity contribution in [3.63, 3.8) is 0 Å². The lowest BCUT2D eigenvalue weighted by molar-refractivity contribution is -0.117. The van der Waals surface area contributed by atoms with Crippen molar-refractivity contribution in [1.82, 2.24) is 10.2 Å². The van der Waals surface area contributed by atoms with Crippen molar-refractivity contribution in [3.05, 3.63) is 39.3 Å². The Labute approximate surface area is 197 Å². The molecule has 0 spiro atoms. The predicted octanol–water partition coefficient (Wildman–Crippen LogP) is 2.61. The smallest absolute Gasteiger partial charge is 0.341 e. The van der Waals surface area contributed by atoms with Gasteiger partial charge in [-0.15, -0.1) is 11.3 Å². The molecule has 33 heavy (non-hydrogen) atoms. The van der Waals surface area contributed by atoms with Crippen molar-refractivity contribution in [2.24, 2.45) is 0 Å². The Hall–Kier alpha value is -3.11. The molecule has 1 aromatic heterocycles. The van der Waals surface area contributed by atoms with E-state index in [1.54, 1.807) is 28.1 Å². The molecule has 0 saturated heterocycles. The first-order valence-corrected chi connectivity index (χ1v) is 11.4. The number of carbonyl (C=O) groups excluding carboxylic acids is 3. The minimum atomic E-state index is -0.565. The van der Waals surface area contributed by atoms with Crippen LogP contribution in [-0.4, -0.2) is 63.6 Å². The number of rotatable bonds is 8. The maximum absolute atomic E-state index is 12.9. The predicted molar refractivity (Wildman–Crippen MR) is 126 cm³/mol. The summed E-state index contributed by atoms with van der Waals surface area (Å²) in [7, 11) is 4.72. The number of esters is 1. The molecule has 0 unspecified atom stereocenters. The molecule has 0 bridgehead atoms. The highest BCUT2D eigenvalue weighted by molar-refractivity contribution is 7.18. The molecule has 1 aliphatic rings. The minimum Gasteiger partial charge on any atom is -0.493 e. The van der Waals surface area contributed by atoms with Gasteiger partial charge >= 0.3 is 5.97 Å². The summed E-state index contributed by atoms with van der Waals surface area (Å²) < 4.78 is 15.9. The average Bonchev–Trinajstić information content (AvgIpc) is 3.12. The molecule has 0 radical (unpaired) electrons. The van der Waals surface area contributed by atoms with E-state index in [0.717, 1.165) is 28.9 Å². The summed E-state index contributed by atoms with van der Waals surface area (Å²) in [5.74, 6) is 0.186. The number of amides is 2. The second kappa shape index (κ2) is 10.7. The number of carbonyl (C=O) groups is 3. The Morgan fingerprint density at radius 3 is 2.39 bits per heavy atom. The first kappa shape index (κ1) is 24.5. The highest BCUT2D eigenvalue weighted by Crippen LogP contribution is 2.35. The van der Waals surface area contributed by atoms with Crippen molar-refractivity contribution >= 4 is 34.1 Å². The second-order valence-corrected chi connectivity index (χ2v) is 8.57. The highest BCUT2D eigenvalue weighted by atomic mass is 32.1. The van der Waals surface area contributed by atoms with Crippen LogP contribution in [0.2, 0.25) is 0 Å². The highest BCUT2D eigenvalue weighted by Gasteiger charge is 2.27. The van der Waals surface area contributed by atoms with E-state index in [1.807, 2.05) is 17.0 Å². The zero-order valence-electron chi connectivity index (χ0n) is 19.5. The number of hydrogen-bond acceptors (Lipinski definition) is 8. The van der Waals surface area contributed by atoms with Crippen molar-refractivity contribution in [2.75, 3.05) is 46.3 Å². The SMILES string of the molecule is CCOC(=O)c1c(NC(=O)CN2CCc3cc(OC)c(OC)cc3C2)sc(C(=O)NC)c1C. The van der Waals surface area contributed by atoms with Crippen LogP contribution in [0.5, 0.6) is 11.5 Å². The number of methoxy groups -OCH3 is 2. The molecule has 10 heteroatoms. The molecule has 1 aromatic carbocycles. The van der Waals surface area contributed by atoms with Crippen molar-refractivity contribution in [2.45, 2.75) is 26.8 Å². The van der Waals surface area contributed by atoms with E-state index in [2.05, 4.69) is 10.6 Å². The summed E-state index contributed by atoms with van der Waals surface area (Å²) in [6, 6.07) is 3.92. The maximum Gasteiger partial charge on any atom is 0.341 e. The molecule has 1 aliphatic heterocycles. The Balaban J connectivity index is 1.76. The third-order valence-corrected chi connectivity index (χ3v) is 6.68. The lowest BCUT2D eigenvalue weighted by Gasteiger charge is -2.29. The Bertz CT molecular complexity index is 1060. The van der Waals surface area contributed by atoms with Crippen LogP contribution in [0.25, 0.3) is 0 Å². The number of ether oxygens (including phenoxy) is 3. The first-order valence-electron chi connectivity index (χ1n) is 10.6. The molecule has 0 saturated carbocycles. The van der Waals surface area contributed by atoms with E-state index < -0.39 is 5.97 Å². The summed E-state index contributed by atoms with van der Waals surface area (Å²) in [4.78, 5) is 40.0. The number of nitrogens with one attached hydrogen (secondary N) is 2. The molecule has 178 valence electrons. The molecule has 3 rings (SSSR count). The van der Waals surface area contributed by atoms with Gasteiger partial charge in [0.2, 0.25) is 5.91 Å². The fraction of sp³-hybridized carbons (Fsp3) is 0.435. The fourth-order valence-electron chi connectivity index (χ4n) is 3.83. The van der Waals surface area contributed by atoms with Gasteiger partial charge in [-0.2, -0.15) is 0 Å². The van der Waals surface area contributed by atoms with Gasteiger partial charge in [-0.1, -0.05) is 0 Å². The molecule has 2 amide bonds. The minimum absolute atomic E-state index is 0.141. The third-order valence-electron chi connectivity index (χ3n) is 5.48. The fourth-order valence-corrected chi connectivity index (χ4v) is 4.98. The quantitative estimate of drug-likeness (QED) is 0.565. The Morgan fingerprint density at radius 1 is 1.12 bits per heavy atom. The van der Waals surface area contributed by atoms with Crippen molar-refractivity contribution in [1.29, 1.82) is 0 Å². The number of fused-ring (bicyclic) bond motifs is 1. The lowest BCUT2D eigenvalue weighted by Crippen LogP contribution is -2.37. The lowest BCUT2D eigenvalue weighted by atomic mass is 9.99. The Kier molecular flexibility index (Phi) is 7.93. The number of benzene rings is 1. The third kappa shape index (κ3) is 5.28. The number of thiophene rings is 1. The van der Waals surface area contributed by atoms with Crippen LogP contribution in [-0.2, 0) is 22.5 Å². The van der Waals surface area contributed by atoms with E-state index in [4.69, 9.17) is 14.2 Å². The molecule has 2 N–H and O–H groups in total. The van der Waals surface area contributed by atoms with Gasteiger partial charge in [0.1, 0.15) is 5.00 Å². The summed E-state index contributed by atoms with van der Waals surface area (Å²) in [6.45, 7) is 5.00. The van der Waals surface area contributed by atoms with Crippen LogP contribution in [0.3, 0.4) is 0 Å². The van der Waals surface area contributed by atoms with Gasteiger partial charge in [0, 0.05) is 20.1 Å². The van der Waals surface area contributed by atoms with Gasteiger partial charge in [-0.3, -0.25) is 14.5 Å². The van der Waals surface area contributed by atoms with E-state index in [1.165, 1.54) is 7.05 Å². The normalized spacial score (nSPS) is 13.1. The zero-order chi connectivity index (χ0) is 24.1. The van der Waals surface area contributed by atoms with E-state index in [9.17, 15) is 14.4 Å². The average molecular weight is 476 g/mol. The van der Waals surface area contributed by atoms with Gasteiger partial charge in [0.05, 0.1) is 37.8 Å². The van der Waals surface area contributed by atoms with Gasteiger partial charge < -0.3 is 24.8 Å². The van der Waals surface area contributed by atoms with Crippen LogP contribution in [0.4, 0.5) is 5.00 Å². The van der Waals surface area contributed by atoms with Crippen molar-refractivity contribution in [3.8, 4) is 11.5 Å². The molecule has 2 aromatic rings. The number of nitrogens with zero attached hydrogens (tertiary/aromatic N) is 1. The van der Waals surface area contributed by atoms with Crippen molar-refractivity contribution < 1.29 is 28.6 Å². The monoisotopic (exact) mass is 475 g/mol. The molecular formula is C23H29N3O6S. The van der Waals surface area contributed by atoms with E-state index >= 15 is 0 Å². The first-order chi connectivity index (χ1) is 15.8. The van der Waals surface area contributed by atoms with Gasteiger partial charge in [0.15, 0.2) is 11.5 Å². The van der Waals surface area contributed by atoms with E-state index in [0.29, 0.717) is 40.0 Å². The van der Waals surface area contributed by atoms with Crippen LogP contribution < -0.4 is 20.1 Å². The van der Waals surface area contributed by atoms with E-state index in [-0.39, 0.29) is 30.5 Å². The number of hydrogen-bond donors (Lipinski definition) is 2. The summed E-state index contributed by atoms with van der Waals surface area (Å²) in [6.07, 6.45) is 0.774. The summed E-state index contributed by atoms with van der Waals surface area (Å²) >= 11 is 1.07. The van der Waals surface area contributed by atoms with Crippen LogP contribution in [0, 0.1) is 6.92 Å². The largest absolute Gasteiger partial charge is 0.493 e. The molecule has 0 atom stereocenters. The van der Waals surface area contributed by atoms with Gasteiger partial charge in [0.25, 0.3) is 5.91 Å². The molecule has 0 fully saturated rings. The van der Waals surface area contributed by atoms with Gasteiger partial charge in [-0.25, -0.2) is 4.79 Å². The number of anilines is 1. The van der Waals surface area contributed by atoms with Crippen LogP contribution in [0.1, 0.15) is 43.6 Å². The summed E-state index contributed by atoms with van der Waals surface area (Å²) in [5, 5.41) is 5.69. The molecule has 0 aliphatic carbocycles. The zero-order valence-corrected chi connectivity index (χ0v) is 20.3. The molecular weight excluding hydrogens is 446 g/mol. The van der Waals surface area contributed by atoms with Gasteiger partial charge in [-0.05, 0) is 49.1 Å².